The highest BCUT2D eigenvalue weighted by Crippen LogP contribution is 2.44. The number of amides is 1. The van der Waals surface area contributed by atoms with Crippen LogP contribution in [0.1, 0.15) is 21.3 Å². The number of phenolic OH excluding ortho intramolecular Hbond substituents is 1. The number of carbonyl (C=O) groups is 1. The standard InChI is InChI=1S/C12H12N4O3S/c1-19-6-4-2-3-5(8(6)17)11-14-10(18)7-9(13)15-16-12(7)20-11/h2-4,11,17H,1H3,(H,14,18)(H3,13,15,16). The van der Waals surface area contributed by atoms with Crippen LogP contribution in [0.4, 0.5) is 5.82 Å². The number of benzene rings is 1. The topological polar surface area (TPSA) is 113 Å². The van der Waals surface area contributed by atoms with Gasteiger partial charge in [-0.3, -0.25) is 9.89 Å². The molecule has 0 saturated carbocycles. The number of ether oxygens (including phenoxy) is 1. The van der Waals surface area contributed by atoms with E-state index < -0.39 is 5.37 Å². The minimum absolute atomic E-state index is 0.000224. The zero-order valence-corrected chi connectivity index (χ0v) is 11.3. The van der Waals surface area contributed by atoms with Gasteiger partial charge in [-0.25, -0.2) is 0 Å². The average Bonchev–Trinajstić information content (AvgIpc) is 2.81. The highest BCUT2D eigenvalue weighted by molar-refractivity contribution is 7.99. The van der Waals surface area contributed by atoms with Crippen molar-refractivity contribution >= 4 is 23.5 Å². The summed E-state index contributed by atoms with van der Waals surface area (Å²) in [7, 11) is 1.47. The third kappa shape index (κ3) is 1.85. The largest absolute Gasteiger partial charge is 0.504 e. The first kappa shape index (κ1) is 12.7. The Hall–Kier alpha value is -2.35. The number of anilines is 1. The highest BCUT2D eigenvalue weighted by Gasteiger charge is 2.32. The maximum atomic E-state index is 12.0. The molecule has 0 aliphatic carbocycles. The lowest BCUT2D eigenvalue weighted by atomic mass is 10.1. The smallest absolute Gasteiger partial charge is 0.258 e. The van der Waals surface area contributed by atoms with E-state index in [2.05, 4.69) is 15.5 Å². The second kappa shape index (κ2) is 4.64. The van der Waals surface area contributed by atoms with E-state index >= 15 is 0 Å². The molecule has 1 aromatic heterocycles. The number of phenols is 1. The number of nitrogens with two attached hydrogens (primary N) is 1. The van der Waals surface area contributed by atoms with Gasteiger partial charge >= 0.3 is 0 Å². The fourth-order valence-corrected chi connectivity index (χ4v) is 3.16. The van der Waals surface area contributed by atoms with Crippen LogP contribution in [0.15, 0.2) is 23.2 Å². The number of fused-ring (bicyclic) bond motifs is 1. The molecule has 0 saturated heterocycles. The lowest BCUT2D eigenvalue weighted by Gasteiger charge is -2.23. The van der Waals surface area contributed by atoms with E-state index in [0.717, 1.165) is 0 Å². The van der Waals surface area contributed by atoms with E-state index in [0.29, 0.717) is 21.9 Å². The van der Waals surface area contributed by atoms with Crippen molar-refractivity contribution in [1.29, 1.82) is 0 Å². The SMILES string of the molecule is COc1cccc(C2NC(=O)c3c(n[nH]c3N)S2)c1O. The number of methoxy groups -OCH3 is 1. The van der Waals surface area contributed by atoms with Crippen LogP contribution in [0.25, 0.3) is 0 Å². The lowest BCUT2D eigenvalue weighted by Crippen LogP contribution is -2.31. The van der Waals surface area contributed by atoms with Crippen molar-refractivity contribution < 1.29 is 14.6 Å². The minimum atomic E-state index is -0.451. The molecule has 5 N–H and O–H groups in total. The van der Waals surface area contributed by atoms with Gasteiger partial charge in [0.15, 0.2) is 11.5 Å². The van der Waals surface area contributed by atoms with Crippen LogP contribution in [0.3, 0.4) is 0 Å². The van der Waals surface area contributed by atoms with Crippen molar-refractivity contribution in [2.75, 3.05) is 12.8 Å². The van der Waals surface area contributed by atoms with Gasteiger partial charge in [0.05, 0.1) is 7.11 Å². The highest BCUT2D eigenvalue weighted by atomic mass is 32.2. The number of nitrogens with one attached hydrogen (secondary N) is 2. The number of para-hydroxylation sites is 1. The number of carbonyl (C=O) groups excluding carboxylic acids is 1. The number of hydrogen-bond acceptors (Lipinski definition) is 6. The number of H-pyrrole nitrogens is 1. The van der Waals surface area contributed by atoms with Gasteiger partial charge in [-0.05, 0) is 6.07 Å². The Morgan fingerprint density at radius 3 is 3.05 bits per heavy atom. The zero-order chi connectivity index (χ0) is 14.3. The molecule has 0 bridgehead atoms. The van der Waals surface area contributed by atoms with Gasteiger partial charge in [0.2, 0.25) is 0 Å². The monoisotopic (exact) mass is 292 g/mol. The first-order valence-corrected chi connectivity index (χ1v) is 6.67. The number of aromatic nitrogens is 2. The number of nitrogens with zero attached hydrogens (tertiary/aromatic N) is 1. The van der Waals surface area contributed by atoms with E-state index in [1.807, 2.05) is 0 Å². The first-order chi connectivity index (χ1) is 9.61. The third-order valence-corrected chi connectivity index (χ3v) is 4.14. The van der Waals surface area contributed by atoms with E-state index in [-0.39, 0.29) is 17.5 Å². The fraction of sp³-hybridized carbons (Fsp3) is 0.167. The van der Waals surface area contributed by atoms with E-state index in [4.69, 9.17) is 10.5 Å². The van der Waals surface area contributed by atoms with Crippen molar-refractivity contribution in [1.82, 2.24) is 15.5 Å². The summed E-state index contributed by atoms with van der Waals surface area (Å²) < 4.78 is 5.06. The summed E-state index contributed by atoms with van der Waals surface area (Å²) in [4.78, 5) is 12.0. The molecule has 8 heteroatoms. The van der Waals surface area contributed by atoms with Gasteiger partial charge in [0.1, 0.15) is 21.8 Å². The molecule has 104 valence electrons. The molecule has 1 aliphatic heterocycles. The number of aromatic hydroxyl groups is 1. The van der Waals surface area contributed by atoms with E-state index in [1.54, 1.807) is 18.2 Å². The Kier molecular flexibility index (Phi) is 2.94. The van der Waals surface area contributed by atoms with Crippen LogP contribution in [0.2, 0.25) is 0 Å². The third-order valence-electron chi connectivity index (χ3n) is 3.01. The normalized spacial score (nSPS) is 17.4. The molecule has 1 unspecified atom stereocenters. The van der Waals surface area contributed by atoms with E-state index in [9.17, 15) is 9.90 Å². The first-order valence-electron chi connectivity index (χ1n) is 5.79. The van der Waals surface area contributed by atoms with Crippen LogP contribution in [0.5, 0.6) is 11.5 Å². The second-order valence-corrected chi connectivity index (χ2v) is 5.28. The molecule has 3 rings (SSSR count). The molecule has 0 fully saturated rings. The summed E-state index contributed by atoms with van der Waals surface area (Å²) in [5.41, 5.74) is 6.54. The second-order valence-electron chi connectivity index (χ2n) is 4.19. The van der Waals surface area contributed by atoms with Gasteiger partial charge in [-0.15, -0.1) is 0 Å². The average molecular weight is 292 g/mol. The minimum Gasteiger partial charge on any atom is -0.504 e. The van der Waals surface area contributed by atoms with E-state index in [1.165, 1.54) is 18.9 Å². The summed E-state index contributed by atoms with van der Waals surface area (Å²) >= 11 is 1.30. The molecular weight excluding hydrogens is 280 g/mol. The van der Waals surface area contributed by atoms with Gasteiger partial charge < -0.3 is 20.9 Å². The van der Waals surface area contributed by atoms with Crippen molar-refractivity contribution in [3.05, 3.63) is 29.3 Å². The van der Waals surface area contributed by atoms with Crippen molar-refractivity contribution in [3.63, 3.8) is 0 Å². The van der Waals surface area contributed by atoms with Crippen LogP contribution in [-0.4, -0.2) is 28.3 Å². The number of thioether (sulfide) groups is 1. The molecule has 1 atom stereocenters. The number of nitrogen functional groups attached to an aromatic ring is 1. The summed E-state index contributed by atoms with van der Waals surface area (Å²) in [6.07, 6.45) is 0. The van der Waals surface area contributed by atoms with Crippen LogP contribution < -0.4 is 15.8 Å². The lowest BCUT2D eigenvalue weighted by molar-refractivity contribution is 0.0944. The fourth-order valence-electron chi connectivity index (χ4n) is 2.03. The Morgan fingerprint density at radius 1 is 1.50 bits per heavy atom. The molecule has 2 heterocycles. The molecule has 0 radical (unpaired) electrons. The van der Waals surface area contributed by atoms with Crippen LogP contribution in [0, 0.1) is 0 Å². The van der Waals surface area contributed by atoms with Gasteiger partial charge in [-0.2, -0.15) is 5.10 Å². The van der Waals surface area contributed by atoms with Gasteiger partial charge in [0.25, 0.3) is 5.91 Å². The maximum Gasteiger partial charge on any atom is 0.258 e. The molecule has 7 nitrogen and oxygen atoms in total. The Bertz CT molecular complexity index is 685. The Labute approximate surface area is 118 Å². The van der Waals surface area contributed by atoms with Crippen molar-refractivity contribution in [2.24, 2.45) is 0 Å². The molecule has 20 heavy (non-hydrogen) atoms. The van der Waals surface area contributed by atoms with Crippen molar-refractivity contribution in [2.45, 2.75) is 10.4 Å². The predicted octanol–water partition coefficient (Wildman–Crippen LogP) is 1.24. The molecule has 0 spiro atoms. The predicted molar refractivity (Wildman–Crippen MR) is 73.7 cm³/mol. The summed E-state index contributed by atoms with van der Waals surface area (Å²) in [5.74, 6) is 0.264. The van der Waals surface area contributed by atoms with Crippen molar-refractivity contribution in [3.8, 4) is 11.5 Å². The Balaban J connectivity index is 2.00. The number of rotatable bonds is 2. The molecule has 1 amide bonds. The Morgan fingerprint density at radius 2 is 2.30 bits per heavy atom. The van der Waals surface area contributed by atoms with Crippen LogP contribution in [-0.2, 0) is 0 Å². The van der Waals surface area contributed by atoms with Gasteiger partial charge in [-0.1, -0.05) is 23.9 Å². The molecule has 1 aliphatic rings. The number of aromatic amines is 1. The quantitative estimate of drug-likeness (QED) is 0.662. The van der Waals surface area contributed by atoms with Crippen LogP contribution >= 0.6 is 11.8 Å². The maximum absolute atomic E-state index is 12.0. The van der Waals surface area contributed by atoms with Gasteiger partial charge in [0, 0.05) is 5.56 Å². The summed E-state index contributed by atoms with van der Waals surface area (Å²) in [6.45, 7) is 0. The zero-order valence-electron chi connectivity index (χ0n) is 10.5. The number of hydrogen-bond donors (Lipinski definition) is 4. The molecular formula is C12H12N4O3S. The summed E-state index contributed by atoms with van der Waals surface area (Å²) in [5, 5.41) is 19.5. The molecule has 1 aromatic carbocycles. The summed E-state index contributed by atoms with van der Waals surface area (Å²) in [6, 6.07) is 5.11. The molecule has 2 aromatic rings.